The normalized spacial score (nSPS) is 14.1. The molecule has 0 aliphatic carbocycles. The molecule has 4 amide bonds. The largest absolute Gasteiger partial charge is 0.372 e. The van der Waals surface area contributed by atoms with E-state index in [1.54, 1.807) is 28.8 Å². The fraction of sp³-hybridized carbons (Fsp3) is 0.579. The van der Waals surface area contributed by atoms with Gasteiger partial charge in [0.2, 0.25) is 0 Å². The first-order valence-electron chi connectivity index (χ1n) is 9.32. The molecular weight excluding hydrogens is 330 g/mol. The first kappa shape index (κ1) is 19.9. The average molecular weight is 361 g/mol. The first-order chi connectivity index (χ1) is 12.5. The van der Waals surface area contributed by atoms with E-state index in [4.69, 9.17) is 0 Å². The van der Waals surface area contributed by atoms with Crippen LogP contribution in [0.4, 0.5) is 15.3 Å². The van der Waals surface area contributed by atoms with E-state index >= 15 is 0 Å². The van der Waals surface area contributed by atoms with Gasteiger partial charge < -0.3 is 24.9 Å². The van der Waals surface area contributed by atoms with Crippen molar-refractivity contribution in [1.82, 2.24) is 20.0 Å². The predicted octanol–water partition coefficient (Wildman–Crippen LogP) is 1.91. The summed E-state index contributed by atoms with van der Waals surface area (Å²) in [5.74, 6) is 0. The van der Waals surface area contributed by atoms with E-state index in [1.165, 1.54) is 5.69 Å². The fourth-order valence-electron chi connectivity index (χ4n) is 3.07. The zero-order valence-corrected chi connectivity index (χ0v) is 16.1. The monoisotopic (exact) mass is 361 g/mol. The molecule has 0 bridgehead atoms. The van der Waals surface area contributed by atoms with Gasteiger partial charge in [-0.1, -0.05) is 18.2 Å². The summed E-state index contributed by atoms with van der Waals surface area (Å²) in [6.07, 6.45) is 0.896. The second kappa shape index (κ2) is 9.89. The molecule has 7 nitrogen and oxygen atoms in total. The summed E-state index contributed by atoms with van der Waals surface area (Å²) >= 11 is 0. The van der Waals surface area contributed by atoms with E-state index in [1.807, 2.05) is 18.2 Å². The Balaban J connectivity index is 1.67. The van der Waals surface area contributed by atoms with E-state index in [-0.39, 0.29) is 12.1 Å². The third-order valence-electron chi connectivity index (χ3n) is 4.60. The van der Waals surface area contributed by atoms with Crippen molar-refractivity contribution in [3.8, 4) is 0 Å². The molecule has 26 heavy (non-hydrogen) atoms. The number of carbonyl (C=O) groups excluding carboxylic acids is 2. The van der Waals surface area contributed by atoms with Gasteiger partial charge in [0.05, 0.1) is 0 Å². The molecule has 1 aromatic carbocycles. The number of rotatable bonds is 6. The molecule has 1 saturated heterocycles. The zero-order chi connectivity index (χ0) is 18.9. The zero-order valence-electron chi connectivity index (χ0n) is 16.1. The number of piperazine rings is 1. The fourth-order valence-corrected chi connectivity index (χ4v) is 3.07. The van der Waals surface area contributed by atoms with Gasteiger partial charge in [-0.2, -0.15) is 0 Å². The molecule has 1 fully saturated rings. The number of anilines is 1. The number of benzene rings is 1. The van der Waals surface area contributed by atoms with Crippen LogP contribution in [0.1, 0.15) is 13.3 Å². The molecule has 1 N–H and O–H groups in total. The Morgan fingerprint density at radius 3 is 2.23 bits per heavy atom. The summed E-state index contributed by atoms with van der Waals surface area (Å²) in [6, 6.07) is 10.3. The lowest BCUT2D eigenvalue weighted by molar-refractivity contribution is 0.129. The van der Waals surface area contributed by atoms with Crippen LogP contribution in [-0.2, 0) is 0 Å². The molecule has 1 aromatic rings. The topological polar surface area (TPSA) is 59.1 Å². The maximum Gasteiger partial charge on any atom is 0.319 e. The van der Waals surface area contributed by atoms with Crippen LogP contribution < -0.4 is 10.2 Å². The van der Waals surface area contributed by atoms with Gasteiger partial charge in [0.1, 0.15) is 0 Å². The second-order valence-corrected chi connectivity index (χ2v) is 6.65. The number of para-hydroxylation sites is 1. The number of nitrogens with zero attached hydrogens (tertiary/aromatic N) is 4. The molecule has 7 heteroatoms. The Morgan fingerprint density at radius 2 is 1.65 bits per heavy atom. The highest BCUT2D eigenvalue weighted by Crippen LogP contribution is 2.12. The molecule has 1 heterocycles. The molecule has 144 valence electrons. The summed E-state index contributed by atoms with van der Waals surface area (Å²) in [6.45, 7) is 6.97. The summed E-state index contributed by atoms with van der Waals surface area (Å²) in [4.78, 5) is 31.6. The smallest absolute Gasteiger partial charge is 0.319 e. The third-order valence-corrected chi connectivity index (χ3v) is 4.60. The molecule has 0 saturated carbocycles. The lowest BCUT2D eigenvalue weighted by atomic mass is 10.2. The van der Waals surface area contributed by atoms with Gasteiger partial charge in [-0.15, -0.1) is 0 Å². The van der Waals surface area contributed by atoms with Crippen molar-refractivity contribution in [3.05, 3.63) is 30.3 Å². The van der Waals surface area contributed by atoms with Crippen LogP contribution in [-0.4, -0.2) is 86.7 Å². The van der Waals surface area contributed by atoms with Crippen molar-refractivity contribution < 1.29 is 9.59 Å². The van der Waals surface area contributed by atoms with Crippen molar-refractivity contribution >= 4 is 17.7 Å². The van der Waals surface area contributed by atoms with Crippen molar-refractivity contribution in [3.63, 3.8) is 0 Å². The SMILES string of the molecule is CCN(CCCNC(=O)N1CCN(C(=O)N(C)C)CC1)c1ccccc1. The molecule has 0 aromatic heterocycles. The number of hydrogen-bond donors (Lipinski definition) is 1. The minimum Gasteiger partial charge on any atom is -0.372 e. The number of urea groups is 2. The van der Waals surface area contributed by atoms with E-state index in [2.05, 4.69) is 29.3 Å². The van der Waals surface area contributed by atoms with E-state index < -0.39 is 0 Å². The van der Waals surface area contributed by atoms with Crippen molar-refractivity contribution in [2.24, 2.45) is 0 Å². The minimum absolute atomic E-state index is 0.00521. The highest BCUT2D eigenvalue weighted by atomic mass is 16.2. The number of hydrogen-bond acceptors (Lipinski definition) is 3. The molecular formula is C19H31N5O2. The summed E-state index contributed by atoms with van der Waals surface area (Å²) in [5, 5.41) is 3.00. The van der Waals surface area contributed by atoms with Crippen LogP contribution >= 0.6 is 0 Å². The quantitative estimate of drug-likeness (QED) is 0.788. The molecule has 1 aliphatic rings. The van der Waals surface area contributed by atoms with Crippen LogP contribution in [0.2, 0.25) is 0 Å². The Morgan fingerprint density at radius 1 is 1.04 bits per heavy atom. The predicted molar refractivity (Wildman–Crippen MR) is 105 cm³/mol. The van der Waals surface area contributed by atoms with Gasteiger partial charge in [0.25, 0.3) is 0 Å². The Labute approximate surface area is 156 Å². The highest BCUT2D eigenvalue weighted by Gasteiger charge is 2.24. The standard InChI is InChI=1S/C19H31N5O2/c1-4-22(17-9-6-5-7-10-17)12-8-11-20-18(25)23-13-15-24(16-14-23)19(26)21(2)3/h5-7,9-10H,4,8,11-16H2,1-3H3,(H,20,25). The first-order valence-corrected chi connectivity index (χ1v) is 9.32. The second-order valence-electron chi connectivity index (χ2n) is 6.65. The Kier molecular flexibility index (Phi) is 7.56. The summed E-state index contributed by atoms with van der Waals surface area (Å²) < 4.78 is 0. The van der Waals surface area contributed by atoms with Gasteiger partial charge >= 0.3 is 12.1 Å². The lowest BCUT2D eigenvalue weighted by Gasteiger charge is -2.35. The maximum absolute atomic E-state index is 12.3. The molecule has 0 radical (unpaired) electrons. The average Bonchev–Trinajstić information content (AvgIpc) is 2.68. The molecule has 0 spiro atoms. The van der Waals surface area contributed by atoms with Crippen molar-refractivity contribution in [2.45, 2.75) is 13.3 Å². The van der Waals surface area contributed by atoms with Crippen molar-refractivity contribution in [1.29, 1.82) is 0 Å². The lowest BCUT2D eigenvalue weighted by Crippen LogP contribution is -2.55. The van der Waals surface area contributed by atoms with Gasteiger partial charge in [0, 0.05) is 65.6 Å². The van der Waals surface area contributed by atoms with Gasteiger partial charge in [-0.25, -0.2) is 9.59 Å². The number of nitrogens with one attached hydrogen (secondary N) is 1. The minimum atomic E-state index is -0.0373. The molecule has 0 atom stereocenters. The van der Waals surface area contributed by atoms with Gasteiger partial charge in [-0.3, -0.25) is 0 Å². The van der Waals surface area contributed by atoms with Crippen molar-refractivity contribution in [2.75, 3.05) is 64.8 Å². The van der Waals surface area contributed by atoms with E-state index in [9.17, 15) is 9.59 Å². The van der Waals surface area contributed by atoms with Gasteiger partial charge in [0.15, 0.2) is 0 Å². The third kappa shape index (κ3) is 5.54. The van der Waals surface area contributed by atoms with Crippen LogP contribution in [0.15, 0.2) is 30.3 Å². The van der Waals surface area contributed by atoms with Gasteiger partial charge in [-0.05, 0) is 25.5 Å². The van der Waals surface area contributed by atoms with Crippen LogP contribution in [0.25, 0.3) is 0 Å². The van der Waals surface area contributed by atoms with Crippen LogP contribution in [0.3, 0.4) is 0 Å². The van der Waals surface area contributed by atoms with Crippen LogP contribution in [0.5, 0.6) is 0 Å². The van der Waals surface area contributed by atoms with E-state index in [0.717, 1.165) is 19.5 Å². The molecule has 1 aliphatic heterocycles. The summed E-state index contributed by atoms with van der Waals surface area (Å²) in [7, 11) is 3.49. The Bertz CT molecular complexity index is 571. The summed E-state index contributed by atoms with van der Waals surface area (Å²) in [5.41, 5.74) is 1.21. The van der Waals surface area contributed by atoms with E-state index in [0.29, 0.717) is 32.7 Å². The molecule has 2 rings (SSSR count). The highest BCUT2D eigenvalue weighted by molar-refractivity contribution is 5.76. The Hall–Kier alpha value is -2.44. The number of carbonyl (C=O) groups is 2. The van der Waals surface area contributed by atoms with Crippen LogP contribution in [0, 0.1) is 0 Å². The number of amides is 4. The molecule has 0 unspecified atom stereocenters. The maximum atomic E-state index is 12.3.